The van der Waals surface area contributed by atoms with E-state index in [1.807, 2.05) is 18.4 Å². The van der Waals surface area contributed by atoms with Crippen LogP contribution < -0.4 is 10.1 Å². The second-order valence-electron chi connectivity index (χ2n) is 4.41. The molecule has 0 aliphatic rings. The summed E-state index contributed by atoms with van der Waals surface area (Å²) in [7, 11) is 0. The van der Waals surface area contributed by atoms with Crippen LogP contribution in [0, 0.1) is 6.92 Å². The molecule has 0 aliphatic carbocycles. The Hall–Kier alpha value is -1.46. The molecule has 0 bridgehead atoms. The molecule has 1 aromatic heterocycles. The highest BCUT2D eigenvalue weighted by Crippen LogP contribution is 2.31. The Bertz CT molecular complexity index is 556. The van der Waals surface area contributed by atoms with Gasteiger partial charge >= 0.3 is 6.61 Å². The van der Waals surface area contributed by atoms with Crippen molar-refractivity contribution in [3.8, 4) is 5.75 Å². The van der Waals surface area contributed by atoms with E-state index in [0.717, 1.165) is 12.1 Å². The molecule has 2 nitrogen and oxygen atoms in total. The first-order valence-electron chi connectivity index (χ1n) is 6.44. The molecule has 0 fully saturated rings. The summed E-state index contributed by atoms with van der Waals surface area (Å²) in [5.74, 6) is 0.189. The fourth-order valence-electron chi connectivity index (χ4n) is 2.12. The summed E-state index contributed by atoms with van der Waals surface area (Å²) in [6.07, 6.45) is 0. The van der Waals surface area contributed by atoms with Crippen LogP contribution in [-0.2, 0) is 0 Å². The molecule has 1 atom stereocenters. The minimum absolute atomic E-state index is 0.00113. The van der Waals surface area contributed by atoms with Crippen LogP contribution in [-0.4, -0.2) is 13.2 Å². The fourth-order valence-corrected chi connectivity index (χ4v) is 3.14. The van der Waals surface area contributed by atoms with Crippen LogP contribution in [0.2, 0.25) is 0 Å². The number of benzene rings is 1. The quantitative estimate of drug-likeness (QED) is 0.855. The van der Waals surface area contributed by atoms with Crippen LogP contribution in [0.4, 0.5) is 8.78 Å². The van der Waals surface area contributed by atoms with E-state index in [1.165, 1.54) is 10.4 Å². The zero-order valence-corrected chi connectivity index (χ0v) is 12.2. The van der Waals surface area contributed by atoms with Crippen LogP contribution in [0.1, 0.15) is 29.0 Å². The minimum atomic E-state index is -2.80. The highest BCUT2D eigenvalue weighted by Gasteiger charge is 2.17. The first-order chi connectivity index (χ1) is 9.61. The molecule has 2 rings (SSSR count). The summed E-state index contributed by atoms with van der Waals surface area (Å²) in [6.45, 7) is 2.07. The summed E-state index contributed by atoms with van der Waals surface area (Å²) in [5, 5.41) is 5.43. The number of hydrogen-bond donors (Lipinski definition) is 1. The summed E-state index contributed by atoms with van der Waals surface area (Å²) in [5.41, 5.74) is 2.12. The van der Waals surface area contributed by atoms with E-state index < -0.39 is 6.61 Å². The molecule has 1 unspecified atom stereocenters. The maximum atomic E-state index is 12.3. The smallest absolute Gasteiger partial charge is 0.387 e. The SMILES string of the molecule is CCNC(c1cccc(OC(F)F)c1)c1sccc1C. The van der Waals surface area contributed by atoms with Gasteiger partial charge in [0, 0.05) is 4.88 Å². The van der Waals surface area contributed by atoms with Crippen LogP contribution in [0.15, 0.2) is 35.7 Å². The van der Waals surface area contributed by atoms with Gasteiger partial charge in [-0.2, -0.15) is 8.78 Å². The van der Waals surface area contributed by atoms with E-state index in [2.05, 4.69) is 23.0 Å². The van der Waals surface area contributed by atoms with Crippen LogP contribution in [0.3, 0.4) is 0 Å². The topological polar surface area (TPSA) is 21.3 Å². The third-order valence-electron chi connectivity index (χ3n) is 2.99. The van der Waals surface area contributed by atoms with Crippen molar-refractivity contribution in [3.05, 3.63) is 51.7 Å². The first-order valence-corrected chi connectivity index (χ1v) is 7.32. The summed E-state index contributed by atoms with van der Waals surface area (Å²) >= 11 is 1.66. The highest BCUT2D eigenvalue weighted by atomic mass is 32.1. The van der Waals surface area contributed by atoms with E-state index in [1.54, 1.807) is 29.5 Å². The Kier molecular flexibility index (Phi) is 5.09. The molecule has 108 valence electrons. The van der Waals surface area contributed by atoms with Crippen molar-refractivity contribution < 1.29 is 13.5 Å². The molecule has 20 heavy (non-hydrogen) atoms. The van der Waals surface area contributed by atoms with Gasteiger partial charge in [0.15, 0.2) is 0 Å². The van der Waals surface area contributed by atoms with Gasteiger partial charge in [0.05, 0.1) is 6.04 Å². The normalized spacial score (nSPS) is 12.7. The minimum Gasteiger partial charge on any atom is -0.435 e. The number of thiophene rings is 1. The monoisotopic (exact) mass is 297 g/mol. The second kappa shape index (κ2) is 6.81. The van der Waals surface area contributed by atoms with E-state index in [9.17, 15) is 8.78 Å². The number of ether oxygens (including phenoxy) is 1. The number of nitrogens with one attached hydrogen (secondary N) is 1. The number of aryl methyl sites for hydroxylation is 1. The molecular weight excluding hydrogens is 280 g/mol. The van der Waals surface area contributed by atoms with Crippen molar-refractivity contribution >= 4 is 11.3 Å². The average molecular weight is 297 g/mol. The molecule has 1 aromatic carbocycles. The maximum absolute atomic E-state index is 12.3. The highest BCUT2D eigenvalue weighted by molar-refractivity contribution is 7.10. The largest absolute Gasteiger partial charge is 0.435 e. The molecule has 0 saturated carbocycles. The van der Waals surface area contributed by atoms with Crippen molar-refractivity contribution in [1.29, 1.82) is 0 Å². The van der Waals surface area contributed by atoms with Gasteiger partial charge in [-0.25, -0.2) is 0 Å². The molecule has 1 heterocycles. The van der Waals surface area contributed by atoms with Gasteiger partial charge in [0.2, 0.25) is 0 Å². The van der Waals surface area contributed by atoms with Crippen molar-refractivity contribution in [2.24, 2.45) is 0 Å². The molecule has 0 spiro atoms. The Labute approximate surface area is 121 Å². The molecule has 0 radical (unpaired) electrons. The lowest BCUT2D eigenvalue weighted by molar-refractivity contribution is -0.0498. The summed E-state index contributed by atoms with van der Waals surface area (Å²) in [4.78, 5) is 1.20. The van der Waals surface area contributed by atoms with Crippen molar-refractivity contribution in [2.75, 3.05) is 6.54 Å². The predicted octanol–water partition coefficient (Wildman–Crippen LogP) is 4.36. The lowest BCUT2D eigenvalue weighted by Gasteiger charge is -2.19. The van der Waals surface area contributed by atoms with E-state index in [0.29, 0.717) is 0 Å². The van der Waals surface area contributed by atoms with Gasteiger partial charge in [0.1, 0.15) is 5.75 Å². The fraction of sp³-hybridized carbons (Fsp3) is 0.333. The molecule has 2 aromatic rings. The van der Waals surface area contributed by atoms with Crippen molar-refractivity contribution in [1.82, 2.24) is 5.32 Å². The van der Waals surface area contributed by atoms with E-state index in [4.69, 9.17) is 0 Å². The molecule has 5 heteroatoms. The molecule has 0 amide bonds. The van der Waals surface area contributed by atoms with Crippen LogP contribution in [0.5, 0.6) is 5.75 Å². The van der Waals surface area contributed by atoms with Gasteiger partial charge in [-0.3, -0.25) is 0 Å². The molecular formula is C15H17F2NOS. The number of halogens is 2. The number of hydrogen-bond acceptors (Lipinski definition) is 3. The van der Waals surface area contributed by atoms with Gasteiger partial charge in [0.25, 0.3) is 0 Å². The molecule has 0 saturated heterocycles. The lowest BCUT2D eigenvalue weighted by atomic mass is 10.0. The third kappa shape index (κ3) is 3.55. The Morgan fingerprint density at radius 3 is 2.70 bits per heavy atom. The second-order valence-corrected chi connectivity index (χ2v) is 5.36. The van der Waals surface area contributed by atoms with Gasteiger partial charge < -0.3 is 10.1 Å². The molecule has 0 aliphatic heterocycles. The number of alkyl halides is 2. The number of rotatable bonds is 6. The van der Waals surface area contributed by atoms with Gasteiger partial charge in [-0.15, -0.1) is 11.3 Å². The van der Waals surface area contributed by atoms with Gasteiger partial charge in [-0.1, -0.05) is 19.1 Å². The predicted molar refractivity (Wildman–Crippen MR) is 77.6 cm³/mol. The van der Waals surface area contributed by atoms with E-state index >= 15 is 0 Å². The Morgan fingerprint density at radius 2 is 2.10 bits per heavy atom. The van der Waals surface area contributed by atoms with Crippen molar-refractivity contribution in [3.63, 3.8) is 0 Å². The Balaban J connectivity index is 2.32. The lowest BCUT2D eigenvalue weighted by Crippen LogP contribution is -2.21. The third-order valence-corrected chi connectivity index (χ3v) is 4.07. The van der Waals surface area contributed by atoms with Crippen LogP contribution >= 0.6 is 11.3 Å². The van der Waals surface area contributed by atoms with Gasteiger partial charge in [-0.05, 0) is 48.2 Å². The molecule has 1 N–H and O–H groups in total. The van der Waals surface area contributed by atoms with E-state index in [-0.39, 0.29) is 11.8 Å². The van der Waals surface area contributed by atoms with Crippen molar-refractivity contribution in [2.45, 2.75) is 26.5 Å². The standard InChI is InChI=1S/C15H17F2NOS/c1-3-18-13(14-10(2)7-8-20-14)11-5-4-6-12(9-11)19-15(16)17/h4-9,13,15,18H,3H2,1-2H3. The first kappa shape index (κ1) is 14.9. The zero-order valence-electron chi connectivity index (χ0n) is 11.4. The average Bonchev–Trinajstić information content (AvgIpc) is 2.81. The summed E-state index contributed by atoms with van der Waals surface area (Å²) in [6, 6.07) is 8.93. The van der Waals surface area contributed by atoms with Crippen LogP contribution in [0.25, 0.3) is 0 Å². The Morgan fingerprint density at radius 1 is 1.30 bits per heavy atom. The maximum Gasteiger partial charge on any atom is 0.387 e. The summed E-state index contributed by atoms with van der Waals surface area (Å²) < 4.78 is 29.1. The zero-order chi connectivity index (χ0) is 14.5.